The van der Waals surface area contributed by atoms with Crippen LogP contribution in [0.2, 0.25) is 20.1 Å². The molecule has 2 nitrogen and oxygen atoms in total. The first kappa shape index (κ1) is 16.7. The fraction of sp³-hybridized carbons (Fsp3) is 0. The monoisotopic (exact) mass is 404 g/mol. The van der Waals surface area contributed by atoms with Crippen molar-refractivity contribution in [1.82, 2.24) is 0 Å². The lowest BCUT2D eigenvalue weighted by Crippen LogP contribution is -1.74. The van der Waals surface area contributed by atoms with Gasteiger partial charge in [0.1, 0.15) is 0 Å². The first-order valence-corrected chi connectivity index (χ1v) is 8.67. The lowest BCUT2D eigenvalue weighted by Gasteiger charge is -2.01. The molecule has 0 bridgehead atoms. The second-order valence-electron chi connectivity index (χ2n) is 4.72. The lowest BCUT2D eigenvalue weighted by atomic mass is 10.1. The highest BCUT2D eigenvalue weighted by molar-refractivity contribution is 7.19. The van der Waals surface area contributed by atoms with Crippen molar-refractivity contribution in [1.29, 1.82) is 0 Å². The van der Waals surface area contributed by atoms with E-state index in [4.69, 9.17) is 46.4 Å². The fourth-order valence-corrected chi connectivity index (χ4v) is 3.76. The second kappa shape index (κ2) is 6.42. The molecule has 2 N–H and O–H groups in total. The molecule has 0 atom stereocenters. The summed E-state index contributed by atoms with van der Waals surface area (Å²) in [6, 6.07) is 9.97. The van der Waals surface area contributed by atoms with Crippen LogP contribution in [-0.2, 0) is 0 Å². The SMILES string of the molecule is Oc1c(-c2ccc(Cl)c(Cl)c2)sc(-c2ccc(Cl)c(Cl)c2)c1O. The number of rotatable bonds is 2. The van der Waals surface area contributed by atoms with Crippen molar-refractivity contribution >= 4 is 57.7 Å². The summed E-state index contributed by atoms with van der Waals surface area (Å²) in [6.07, 6.45) is 0. The average Bonchev–Trinajstić information content (AvgIpc) is 2.81. The van der Waals surface area contributed by atoms with Crippen LogP contribution in [0.1, 0.15) is 0 Å². The van der Waals surface area contributed by atoms with Crippen LogP contribution < -0.4 is 0 Å². The maximum atomic E-state index is 10.2. The highest BCUT2D eigenvalue weighted by Gasteiger charge is 2.20. The zero-order valence-corrected chi connectivity index (χ0v) is 15.1. The van der Waals surface area contributed by atoms with Crippen LogP contribution in [0.4, 0.5) is 0 Å². The highest BCUT2D eigenvalue weighted by Crippen LogP contribution is 2.51. The molecule has 3 aromatic rings. The smallest absolute Gasteiger partial charge is 0.177 e. The van der Waals surface area contributed by atoms with Gasteiger partial charge in [0.05, 0.1) is 29.8 Å². The van der Waals surface area contributed by atoms with Gasteiger partial charge in [-0.25, -0.2) is 0 Å². The third-order valence-electron chi connectivity index (χ3n) is 3.22. The van der Waals surface area contributed by atoms with E-state index in [9.17, 15) is 10.2 Å². The summed E-state index contributed by atoms with van der Waals surface area (Å²) >= 11 is 25.1. The summed E-state index contributed by atoms with van der Waals surface area (Å²) in [4.78, 5) is 0.976. The summed E-state index contributed by atoms with van der Waals surface area (Å²) in [5.41, 5.74) is 1.31. The number of hydrogen-bond acceptors (Lipinski definition) is 3. The largest absolute Gasteiger partial charge is 0.503 e. The van der Waals surface area contributed by atoms with Crippen LogP contribution in [0.5, 0.6) is 11.5 Å². The van der Waals surface area contributed by atoms with Crippen molar-refractivity contribution in [3.8, 4) is 32.4 Å². The van der Waals surface area contributed by atoms with Gasteiger partial charge in [0.2, 0.25) is 0 Å². The molecule has 0 saturated heterocycles. The molecule has 0 aliphatic carbocycles. The summed E-state index contributed by atoms with van der Waals surface area (Å²) in [7, 11) is 0. The Morgan fingerprint density at radius 3 is 1.35 bits per heavy atom. The summed E-state index contributed by atoms with van der Waals surface area (Å²) in [5, 5.41) is 22.1. The Morgan fingerprint density at radius 2 is 1.00 bits per heavy atom. The molecule has 1 aromatic heterocycles. The van der Waals surface area contributed by atoms with E-state index in [1.165, 1.54) is 11.3 Å². The van der Waals surface area contributed by atoms with Crippen LogP contribution in [-0.4, -0.2) is 10.2 Å². The standard InChI is InChI=1S/C16H8Cl4O2S/c17-9-3-1-7(5-11(9)19)15-13(21)14(22)16(23-15)8-2-4-10(18)12(20)6-8/h1-6,21-22H. The molecule has 0 amide bonds. The Hall–Kier alpha value is -1.10. The quantitative estimate of drug-likeness (QED) is 0.476. The fourth-order valence-electron chi connectivity index (χ4n) is 2.08. The van der Waals surface area contributed by atoms with Crippen LogP contribution in [0.15, 0.2) is 36.4 Å². The molecule has 1 heterocycles. The number of thiophene rings is 1. The van der Waals surface area contributed by atoms with Crippen LogP contribution in [0.25, 0.3) is 20.9 Å². The highest BCUT2D eigenvalue weighted by atomic mass is 35.5. The van der Waals surface area contributed by atoms with Crippen LogP contribution >= 0.6 is 57.7 Å². The van der Waals surface area contributed by atoms with Gasteiger partial charge in [0.15, 0.2) is 11.5 Å². The normalized spacial score (nSPS) is 11.0. The Bertz CT molecular complexity index is 833. The van der Waals surface area contributed by atoms with Gasteiger partial charge >= 0.3 is 0 Å². The van der Waals surface area contributed by atoms with Crippen molar-refractivity contribution < 1.29 is 10.2 Å². The molecule has 0 saturated carbocycles. The molecule has 0 aliphatic rings. The summed E-state index contributed by atoms with van der Waals surface area (Å²) in [5.74, 6) is -0.427. The number of halogens is 4. The third-order valence-corrected chi connectivity index (χ3v) is 5.97. The Balaban J connectivity index is 2.14. The topological polar surface area (TPSA) is 40.5 Å². The average molecular weight is 406 g/mol. The molecule has 3 rings (SSSR count). The van der Waals surface area contributed by atoms with Gasteiger partial charge in [-0.05, 0) is 35.4 Å². The van der Waals surface area contributed by atoms with E-state index in [-0.39, 0.29) is 11.5 Å². The predicted molar refractivity (Wildman–Crippen MR) is 98.6 cm³/mol. The van der Waals surface area contributed by atoms with Gasteiger partial charge in [-0.2, -0.15) is 0 Å². The van der Waals surface area contributed by atoms with E-state index < -0.39 is 0 Å². The summed E-state index contributed by atoms with van der Waals surface area (Å²) in [6.45, 7) is 0. The zero-order chi connectivity index (χ0) is 16.7. The molecule has 7 heteroatoms. The zero-order valence-electron chi connectivity index (χ0n) is 11.3. The van der Waals surface area contributed by atoms with Crippen molar-refractivity contribution in [3.63, 3.8) is 0 Å². The van der Waals surface area contributed by atoms with Gasteiger partial charge in [-0.1, -0.05) is 58.5 Å². The maximum absolute atomic E-state index is 10.2. The molecule has 0 radical (unpaired) electrons. The number of aromatic hydroxyl groups is 2. The van der Waals surface area contributed by atoms with Gasteiger partial charge in [0, 0.05) is 0 Å². The minimum absolute atomic E-state index is 0.213. The second-order valence-corrected chi connectivity index (χ2v) is 7.36. The first-order chi connectivity index (χ1) is 10.9. The van der Waals surface area contributed by atoms with Crippen LogP contribution in [0.3, 0.4) is 0 Å². The minimum atomic E-state index is -0.213. The molecule has 2 aromatic carbocycles. The van der Waals surface area contributed by atoms with Gasteiger partial charge in [-0.15, -0.1) is 11.3 Å². The van der Waals surface area contributed by atoms with Gasteiger partial charge in [-0.3, -0.25) is 0 Å². The Kier molecular flexibility index (Phi) is 4.68. The molecule has 118 valence electrons. The molecule has 0 unspecified atom stereocenters. The van der Waals surface area contributed by atoms with E-state index in [0.717, 1.165) is 0 Å². The Labute approximate surface area is 156 Å². The van der Waals surface area contributed by atoms with Gasteiger partial charge in [0.25, 0.3) is 0 Å². The van der Waals surface area contributed by atoms with E-state index in [2.05, 4.69) is 0 Å². The van der Waals surface area contributed by atoms with E-state index in [1.54, 1.807) is 36.4 Å². The molecule has 0 spiro atoms. The summed E-state index contributed by atoms with van der Waals surface area (Å²) < 4.78 is 0. The molecular formula is C16H8Cl4O2S. The minimum Gasteiger partial charge on any atom is -0.503 e. The van der Waals surface area contributed by atoms with Crippen LogP contribution in [0, 0.1) is 0 Å². The van der Waals surface area contributed by atoms with Gasteiger partial charge < -0.3 is 10.2 Å². The molecule has 0 fully saturated rings. The first-order valence-electron chi connectivity index (χ1n) is 6.34. The molecular weight excluding hydrogens is 398 g/mol. The predicted octanol–water partition coefficient (Wildman–Crippen LogP) is 7.11. The molecule has 23 heavy (non-hydrogen) atoms. The molecule has 0 aliphatic heterocycles. The van der Waals surface area contributed by atoms with E-state index in [0.29, 0.717) is 41.0 Å². The van der Waals surface area contributed by atoms with Crippen molar-refractivity contribution in [3.05, 3.63) is 56.5 Å². The van der Waals surface area contributed by atoms with Crippen molar-refractivity contribution in [2.24, 2.45) is 0 Å². The van der Waals surface area contributed by atoms with Crippen molar-refractivity contribution in [2.75, 3.05) is 0 Å². The number of benzene rings is 2. The van der Waals surface area contributed by atoms with E-state index >= 15 is 0 Å². The Morgan fingerprint density at radius 1 is 0.609 bits per heavy atom. The third kappa shape index (κ3) is 3.12. The maximum Gasteiger partial charge on any atom is 0.177 e. The van der Waals surface area contributed by atoms with E-state index in [1.807, 2.05) is 0 Å². The van der Waals surface area contributed by atoms with Crippen molar-refractivity contribution in [2.45, 2.75) is 0 Å². The number of hydrogen-bond donors (Lipinski definition) is 2. The lowest BCUT2D eigenvalue weighted by molar-refractivity contribution is 0.410.